The van der Waals surface area contributed by atoms with Gasteiger partial charge in [-0.1, -0.05) is 38.6 Å². The standard InChI is InChI=1S/C11H11BO3.C2H6/c1-3-8-7(2)15-10-6-4-5-9(11(8)10)12(13)14;1-2/h3-6,13-14H,1H2,2H3;1-2H3. The third-order valence-electron chi connectivity index (χ3n) is 2.45. The number of benzene rings is 1. The van der Waals surface area contributed by atoms with Gasteiger partial charge in [0, 0.05) is 10.9 Å². The van der Waals surface area contributed by atoms with Crippen molar-refractivity contribution < 1.29 is 14.5 Å². The summed E-state index contributed by atoms with van der Waals surface area (Å²) in [4.78, 5) is 0. The Labute approximate surface area is 102 Å². The van der Waals surface area contributed by atoms with E-state index in [1.54, 1.807) is 24.3 Å². The second-order valence-corrected chi connectivity index (χ2v) is 3.37. The van der Waals surface area contributed by atoms with Crippen LogP contribution in [0.25, 0.3) is 17.0 Å². The quantitative estimate of drug-likeness (QED) is 0.779. The molecule has 2 aromatic rings. The van der Waals surface area contributed by atoms with Crippen LogP contribution in [0.3, 0.4) is 0 Å². The van der Waals surface area contributed by atoms with E-state index in [1.807, 2.05) is 20.8 Å². The molecule has 90 valence electrons. The summed E-state index contributed by atoms with van der Waals surface area (Å²) in [7, 11) is -1.50. The van der Waals surface area contributed by atoms with Crippen LogP contribution in [0.2, 0.25) is 0 Å². The second-order valence-electron chi connectivity index (χ2n) is 3.37. The molecule has 1 aromatic carbocycles. The molecule has 17 heavy (non-hydrogen) atoms. The normalized spacial score (nSPS) is 9.71. The Kier molecular flexibility index (Phi) is 4.55. The summed E-state index contributed by atoms with van der Waals surface area (Å²) in [6.45, 7) is 9.52. The summed E-state index contributed by atoms with van der Waals surface area (Å²) in [5.74, 6) is 0.730. The maximum Gasteiger partial charge on any atom is 0.489 e. The third kappa shape index (κ3) is 2.43. The first-order chi connectivity index (χ1) is 8.15. The summed E-state index contributed by atoms with van der Waals surface area (Å²) < 4.78 is 5.49. The Morgan fingerprint density at radius 2 is 1.94 bits per heavy atom. The fraction of sp³-hybridized carbons (Fsp3) is 0.231. The number of hydrogen-bond acceptors (Lipinski definition) is 3. The Balaban J connectivity index is 0.000000686. The van der Waals surface area contributed by atoms with Crippen molar-refractivity contribution >= 4 is 29.6 Å². The molecule has 3 nitrogen and oxygen atoms in total. The number of aryl methyl sites for hydroxylation is 1. The first kappa shape index (κ1) is 13.5. The zero-order valence-corrected chi connectivity index (χ0v) is 10.4. The maximum atomic E-state index is 9.23. The minimum atomic E-state index is -1.50. The first-order valence-corrected chi connectivity index (χ1v) is 5.65. The Morgan fingerprint density at radius 3 is 2.47 bits per heavy atom. The van der Waals surface area contributed by atoms with Crippen molar-refractivity contribution in [3.05, 3.63) is 36.1 Å². The third-order valence-corrected chi connectivity index (χ3v) is 2.45. The molecule has 1 heterocycles. The fourth-order valence-corrected chi connectivity index (χ4v) is 1.78. The zero-order chi connectivity index (χ0) is 13.0. The molecule has 0 aliphatic rings. The molecule has 2 N–H and O–H groups in total. The van der Waals surface area contributed by atoms with Crippen molar-refractivity contribution in [1.29, 1.82) is 0 Å². The number of rotatable bonds is 2. The molecule has 0 amide bonds. The van der Waals surface area contributed by atoms with E-state index in [4.69, 9.17) is 4.42 Å². The van der Waals surface area contributed by atoms with Crippen LogP contribution in [0, 0.1) is 6.92 Å². The van der Waals surface area contributed by atoms with Crippen LogP contribution in [0.15, 0.2) is 29.2 Å². The number of fused-ring (bicyclic) bond motifs is 1. The smallest absolute Gasteiger partial charge is 0.461 e. The van der Waals surface area contributed by atoms with Gasteiger partial charge in [-0.05, 0) is 18.5 Å². The van der Waals surface area contributed by atoms with Gasteiger partial charge < -0.3 is 14.5 Å². The topological polar surface area (TPSA) is 53.6 Å². The Morgan fingerprint density at radius 1 is 1.29 bits per heavy atom. The van der Waals surface area contributed by atoms with E-state index in [0.717, 1.165) is 16.7 Å². The summed E-state index contributed by atoms with van der Waals surface area (Å²) >= 11 is 0. The highest BCUT2D eigenvalue weighted by molar-refractivity contribution is 6.62. The van der Waals surface area contributed by atoms with Crippen molar-refractivity contribution in [3.63, 3.8) is 0 Å². The molecule has 0 atom stereocenters. The van der Waals surface area contributed by atoms with Gasteiger partial charge in [0.05, 0.1) is 0 Å². The predicted octanol–water partition coefficient (Wildman–Crippen LogP) is 2.09. The molecular weight excluding hydrogens is 215 g/mol. The van der Waals surface area contributed by atoms with E-state index >= 15 is 0 Å². The van der Waals surface area contributed by atoms with Crippen molar-refractivity contribution in [2.45, 2.75) is 20.8 Å². The van der Waals surface area contributed by atoms with Crippen molar-refractivity contribution in [2.75, 3.05) is 0 Å². The van der Waals surface area contributed by atoms with E-state index in [1.165, 1.54) is 0 Å². The molecule has 0 radical (unpaired) electrons. The lowest BCUT2D eigenvalue weighted by Crippen LogP contribution is -2.30. The lowest BCUT2D eigenvalue weighted by Gasteiger charge is -2.01. The van der Waals surface area contributed by atoms with Gasteiger partial charge in [0.2, 0.25) is 0 Å². The van der Waals surface area contributed by atoms with Gasteiger partial charge >= 0.3 is 7.12 Å². The molecular formula is C13H17BO3. The van der Waals surface area contributed by atoms with Gasteiger partial charge in [-0.3, -0.25) is 0 Å². The van der Waals surface area contributed by atoms with Crippen molar-refractivity contribution in [3.8, 4) is 0 Å². The molecule has 0 saturated heterocycles. The van der Waals surface area contributed by atoms with Crippen molar-refractivity contribution in [2.24, 2.45) is 0 Å². The highest BCUT2D eigenvalue weighted by Gasteiger charge is 2.19. The zero-order valence-electron chi connectivity index (χ0n) is 10.4. The largest absolute Gasteiger partial charge is 0.489 e. The maximum absolute atomic E-state index is 9.23. The minimum absolute atomic E-state index is 0.444. The van der Waals surface area contributed by atoms with Crippen LogP contribution in [-0.2, 0) is 0 Å². The minimum Gasteiger partial charge on any atom is -0.461 e. The summed E-state index contributed by atoms with van der Waals surface area (Å²) in [5.41, 5.74) is 1.90. The van der Waals surface area contributed by atoms with E-state index in [9.17, 15) is 10.0 Å². The molecule has 0 aliphatic carbocycles. The van der Waals surface area contributed by atoms with E-state index in [0.29, 0.717) is 11.0 Å². The molecule has 1 aromatic heterocycles. The van der Waals surface area contributed by atoms with Crippen LogP contribution >= 0.6 is 0 Å². The van der Waals surface area contributed by atoms with Gasteiger partial charge in [0.1, 0.15) is 11.3 Å². The van der Waals surface area contributed by atoms with Crippen LogP contribution in [0.4, 0.5) is 0 Å². The molecule has 0 bridgehead atoms. The van der Waals surface area contributed by atoms with Crippen molar-refractivity contribution in [1.82, 2.24) is 0 Å². The average Bonchev–Trinajstić information content (AvgIpc) is 2.66. The fourth-order valence-electron chi connectivity index (χ4n) is 1.78. The molecule has 0 aliphatic heterocycles. The first-order valence-electron chi connectivity index (χ1n) is 5.65. The van der Waals surface area contributed by atoms with Crippen LogP contribution in [-0.4, -0.2) is 17.2 Å². The predicted molar refractivity (Wildman–Crippen MR) is 72.2 cm³/mol. The van der Waals surface area contributed by atoms with Crippen LogP contribution in [0.5, 0.6) is 0 Å². The van der Waals surface area contributed by atoms with Gasteiger partial charge in [0.25, 0.3) is 0 Å². The van der Waals surface area contributed by atoms with Gasteiger partial charge in [-0.15, -0.1) is 0 Å². The molecule has 0 saturated carbocycles. The SMILES string of the molecule is C=Cc1c(C)oc2cccc(B(O)O)c12.CC. The Bertz CT molecular complexity index is 515. The van der Waals surface area contributed by atoms with Crippen LogP contribution in [0.1, 0.15) is 25.2 Å². The molecule has 4 heteroatoms. The molecule has 2 rings (SSSR count). The summed E-state index contributed by atoms with van der Waals surface area (Å²) in [6.07, 6.45) is 1.66. The second kappa shape index (κ2) is 5.71. The van der Waals surface area contributed by atoms with Crippen LogP contribution < -0.4 is 5.46 Å². The average molecular weight is 232 g/mol. The molecule has 0 spiro atoms. The monoisotopic (exact) mass is 232 g/mol. The Hall–Kier alpha value is -1.52. The lowest BCUT2D eigenvalue weighted by atomic mass is 9.77. The van der Waals surface area contributed by atoms with E-state index in [-0.39, 0.29) is 0 Å². The van der Waals surface area contributed by atoms with Gasteiger partial charge in [0.15, 0.2) is 0 Å². The summed E-state index contributed by atoms with van der Waals surface area (Å²) in [5, 5.41) is 19.2. The molecule has 0 fully saturated rings. The summed E-state index contributed by atoms with van der Waals surface area (Å²) in [6, 6.07) is 5.18. The number of hydrogen-bond donors (Lipinski definition) is 2. The van der Waals surface area contributed by atoms with E-state index in [2.05, 4.69) is 6.58 Å². The highest BCUT2D eigenvalue weighted by atomic mass is 16.4. The number of furan rings is 1. The van der Waals surface area contributed by atoms with E-state index < -0.39 is 7.12 Å². The lowest BCUT2D eigenvalue weighted by molar-refractivity contribution is 0.426. The van der Waals surface area contributed by atoms with Gasteiger partial charge in [-0.25, -0.2) is 0 Å². The molecule has 0 unspecified atom stereocenters. The highest BCUT2D eigenvalue weighted by Crippen LogP contribution is 2.24. The van der Waals surface area contributed by atoms with Gasteiger partial charge in [-0.2, -0.15) is 0 Å².